The summed E-state index contributed by atoms with van der Waals surface area (Å²) in [7, 11) is 0. The van der Waals surface area contributed by atoms with Crippen molar-refractivity contribution in [3.05, 3.63) is 41.2 Å². The Balaban J connectivity index is 1.39. The number of aliphatic hydroxyl groups excluding tert-OH is 1. The number of H-pyrrole nitrogens is 1. The topological polar surface area (TPSA) is 70.6 Å². The molecule has 3 heterocycles. The van der Waals surface area contributed by atoms with E-state index in [1.807, 2.05) is 19.1 Å². The summed E-state index contributed by atoms with van der Waals surface area (Å²) in [6, 6.07) is 8.14. The summed E-state index contributed by atoms with van der Waals surface area (Å²) in [5, 5.41) is 17.6. The molecule has 0 aliphatic carbocycles. The van der Waals surface area contributed by atoms with E-state index in [4.69, 9.17) is 9.47 Å². The summed E-state index contributed by atoms with van der Waals surface area (Å²) < 4.78 is 11.2. The van der Waals surface area contributed by atoms with Crippen molar-refractivity contribution in [3.63, 3.8) is 0 Å². The van der Waals surface area contributed by atoms with Crippen LogP contribution in [0.4, 0.5) is 0 Å². The SMILES string of the molecule is Cc1cc(C[C@@H]2CN(Cc3ccc4c(c3)OCCO4)C[C@H]2O)n[nH]1. The molecule has 0 bridgehead atoms. The number of fused-ring (bicyclic) bond motifs is 1. The minimum absolute atomic E-state index is 0.227. The second-order valence-electron chi connectivity index (χ2n) is 6.75. The number of hydrogen-bond acceptors (Lipinski definition) is 5. The number of ether oxygens (including phenoxy) is 2. The zero-order valence-electron chi connectivity index (χ0n) is 13.9. The smallest absolute Gasteiger partial charge is 0.161 e. The normalized spacial score (nSPS) is 23.6. The molecule has 0 radical (unpaired) electrons. The van der Waals surface area contributed by atoms with Crippen LogP contribution in [0.25, 0.3) is 0 Å². The van der Waals surface area contributed by atoms with Gasteiger partial charge in [-0.15, -0.1) is 0 Å². The van der Waals surface area contributed by atoms with Crippen molar-refractivity contribution in [2.75, 3.05) is 26.3 Å². The molecule has 1 aromatic heterocycles. The maximum atomic E-state index is 10.4. The van der Waals surface area contributed by atoms with Crippen LogP contribution < -0.4 is 9.47 Å². The van der Waals surface area contributed by atoms with Gasteiger partial charge in [0.25, 0.3) is 0 Å². The first kappa shape index (κ1) is 15.5. The zero-order valence-corrected chi connectivity index (χ0v) is 13.9. The summed E-state index contributed by atoms with van der Waals surface area (Å²) in [6.07, 6.45) is 0.502. The molecular formula is C18H23N3O3. The number of aryl methyl sites for hydroxylation is 1. The van der Waals surface area contributed by atoms with Gasteiger partial charge in [0, 0.05) is 31.2 Å². The van der Waals surface area contributed by atoms with E-state index >= 15 is 0 Å². The molecule has 0 spiro atoms. The van der Waals surface area contributed by atoms with Gasteiger partial charge in [-0.1, -0.05) is 6.07 Å². The highest BCUT2D eigenvalue weighted by Gasteiger charge is 2.31. The predicted octanol–water partition coefficient (Wildman–Crippen LogP) is 1.52. The van der Waals surface area contributed by atoms with E-state index in [0.29, 0.717) is 19.8 Å². The molecule has 0 saturated carbocycles. The Kier molecular flexibility index (Phi) is 4.16. The fourth-order valence-electron chi connectivity index (χ4n) is 3.56. The number of rotatable bonds is 4. The Morgan fingerprint density at radius 1 is 1.21 bits per heavy atom. The van der Waals surface area contributed by atoms with Gasteiger partial charge in [-0.05, 0) is 37.1 Å². The Morgan fingerprint density at radius 3 is 2.83 bits per heavy atom. The van der Waals surface area contributed by atoms with Crippen molar-refractivity contribution >= 4 is 0 Å². The van der Waals surface area contributed by atoms with Crippen molar-refractivity contribution < 1.29 is 14.6 Å². The van der Waals surface area contributed by atoms with Crippen LogP contribution in [0, 0.1) is 12.8 Å². The average Bonchev–Trinajstić information content (AvgIpc) is 3.13. The highest BCUT2D eigenvalue weighted by Crippen LogP contribution is 2.32. The Hall–Kier alpha value is -2.05. The highest BCUT2D eigenvalue weighted by molar-refractivity contribution is 5.43. The van der Waals surface area contributed by atoms with Gasteiger partial charge in [0.15, 0.2) is 11.5 Å². The molecule has 128 valence electrons. The molecule has 6 nitrogen and oxygen atoms in total. The zero-order chi connectivity index (χ0) is 16.5. The van der Waals surface area contributed by atoms with Crippen LogP contribution in [0.2, 0.25) is 0 Å². The van der Waals surface area contributed by atoms with Gasteiger partial charge in [0.2, 0.25) is 0 Å². The second kappa shape index (κ2) is 6.45. The molecule has 1 saturated heterocycles. The lowest BCUT2D eigenvalue weighted by Crippen LogP contribution is -2.22. The number of nitrogens with one attached hydrogen (secondary N) is 1. The van der Waals surface area contributed by atoms with E-state index in [1.165, 1.54) is 5.56 Å². The van der Waals surface area contributed by atoms with Crippen molar-refractivity contribution in [3.8, 4) is 11.5 Å². The molecule has 1 aromatic carbocycles. The van der Waals surface area contributed by atoms with E-state index in [0.717, 1.165) is 42.4 Å². The number of benzene rings is 1. The van der Waals surface area contributed by atoms with Crippen molar-refractivity contribution in [2.24, 2.45) is 5.92 Å². The minimum atomic E-state index is -0.306. The summed E-state index contributed by atoms with van der Waals surface area (Å²) in [5.74, 6) is 1.87. The van der Waals surface area contributed by atoms with E-state index in [2.05, 4.69) is 27.2 Å². The maximum Gasteiger partial charge on any atom is 0.161 e. The van der Waals surface area contributed by atoms with E-state index in [1.54, 1.807) is 0 Å². The van der Waals surface area contributed by atoms with Crippen molar-refractivity contribution in [1.82, 2.24) is 15.1 Å². The predicted molar refractivity (Wildman–Crippen MR) is 89.2 cm³/mol. The number of aromatic nitrogens is 2. The third-order valence-electron chi connectivity index (χ3n) is 4.73. The third kappa shape index (κ3) is 3.25. The highest BCUT2D eigenvalue weighted by atomic mass is 16.6. The number of nitrogens with zero attached hydrogens (tertiary/aromatic N) is 2. The van der Waals surface area contributed by atoms with Crippen LogP contribution in [0.3, 0.4) is 0 Å². The molecule has 0 unspecified atom stereocenters. The number of aromatic amines is 1. The molecule has 2 aliphatic heterocycles. The van der Waals surface area contributed by atoms with Gasteiger partial charge in [-0.3, -0.25) is 10.00 Å². The Bertz CT molecular complexity index is 715. The van der Waals surface area contributed by atoms with Crippen molar-refractivity contribution in [2.45, 2.75) is 26.0 Å². The first-order valence-corrected chi connectivity index (χ1v) is 8.47. The molecular weight excluding hydrogens is 306 g/mol. The van der Waals surface area contributed by atoms with Crippen molar-refractivity contribution in [1.29, 1.82) is 0 Å². The van der Waals surface area contributed by atoms with Gasteiger partial charge in [-0.25, -0.2) is 0 Å². The van der Waals surface area contributed by atoms with Crippen LogP contribution in [0.1, 0.15) is 17.0 Å². The van der Waals surface area contributed by atoms with Gasteiger partial charge in [0.1, 0.15) is 13.2 Å². The molecule has 24 heavy (non-hydrogen) atoms. The minimum Gasteiger partial charge on any atom is -0.486 e. The Labute approximate surface area is 141 Å². The van der Waals surface area contributed by atoms with Gasteiger partial charge >= 0.3 is 0 Å². The lowest BCUT2D eigenvalue weighted by molar-refractivity contribution is 0.140. The van der Waals surface area contributed by atoms with Gasteiger partial charge < -0.3 is 14.6 Å². The number of aliphatic hydroxyl groups is 1. The second-order valence-corrected chi connectivity index (χ2v) is 6.75. The molecule has 2 N–H and O–H groups in total. The van der Waals surface area contributed by atoms with Crippen LogP contribution in [-0.2, 0) is 13.0 Å². The van der Waals surface area contributed by atoms with Gasteiger partial charge in [-0.2, -0.15) is 5.10 Å². The summed E-state index contributed by atoms with van der Waals surface area (Å²) in [4.78, 5) is 2.29. The third-order valence-corrected chi connectivity index (χ3v) is 4.73. The van der Waals surface area contributed by atoms with E-state index in [9.17, 15) is 5.11 Å². The quantitative estimate of drug-likeness (QED) is 0.890. The lowest BCUT2D eigenvalue weighted by atomic mass is 10.0. The molecule has 6 heteroatoms. The molecule has 4 rings (SSSR count). The van der Waals surface area contributed by atoms with Crippen LogP contribution in [0.5, 0.6) is 11.5 Å². The molecule has 1 fully saturated rings. The van der Waals surface area contributed by atoms with Gasteiger partial charge in [0.05, 0.1) is 11.8 Å². The maximum absolute atomic E-state index is 10.4. The van der Waals surface area contributed by atoms with E-state index < -0.39 is 0 Å². The summed E-state index contributed by atoms with van der Waals surface area (Å²) in [6.45, 7) is 5.59. The average molecular weight is 329 g/mol. The standard InChI is InChI=1S/C18H23N3O3/c1-12-6-15(20-19-12)8-14-10-21(11-16(14)22)9-13-2-3-17-18(7-13)24-5-4-23-17/h2-3,6-7,14,16,22H,4-5,8-11H2,1H3,(H,19,20)/t14-,16-/m1/s1. The Morgan fingerprint density at radius 2 is 2.04 bits per heavy atom. The van der Waals surface area contributed by atoms with E-state index in [-0.39, 0.29) is 12.0 Å². The largest absolute Gasteiger partial charge is 0.486 e. The van der Waals surface area contributed by atoms with Crippen LogP contribution in [-0.4, -0.2) is 52.6 Å². The lowest BCUT2D eigenvalue weighted by Gasteiger charge is -2.20. The van der Waals surface area contributed by atoms with Crippen LogP contribution >= 0.6 is 0 Å². The summed E-state index contributed by atoms with van der Waals surface area (Å²) >= 11 is 0. The molecule has 2 aromatic rings. The molecule has 2 aliphatic rings. The fourth-order valence-corrected chi connectivity index (χ4v) is 3.56. The molecule has 0 amide bonds. The first-order valence-electron chi connectivity index (χ1n) is 8.47. The van der Waals surface area contributed by atoms with Crippen LogP contribution in [0.15, 0.2) is 24.3 Å². The summed E-state index contributed by atoms with van der Waals surface area (Å²) in [5.41, 5.74) is 3.27. The first-order chi connectivity index (χ1) is 11.7. The number of likely N-dealkylation sites (tertiary alicyclic amines) is 1. The fraction of sp³-hybridized carbons (Fsp3) is 0.500. The monoisotopic (exact) mass is 329 g/mol. The number of β-amino-alcohol motifs (C(OH)–C–C–N with tert-alkyl or cyclic N) is 1. The number of hydrogen-bond donors (Lipinski definition) is 2. The molecule has 2 atom stereocenters.